The van der Waals surface area contributed by atoms with Crippen LogP contribution in [0, 0.1) is 25.5 Å². The quantitative estimate of drug-likeness (QED) is 0.652. The summed E-state index contributed by atoms with van der Waals surface area (Å²) in [5, 5.41) is 2.99. The number of pyridine rings is 1. The number of rotatable bonds is 5. The third-order valence-corrected chi connectivity index (χ3v) is 4.88. The number of hydrogen-bond donors (Lipinski definition) is 2. The fourth-order valence-electron chi connectivity index (χ4n) is 3.37. The number of ether oxygens (including phenoxy) is 1. The highest BCUT2D eigenvalue weighted by molar-refractivity contribution is 6.07. The first-order valence-electron chi connectivity index (χ1n) is 9.65. The Morgan fingerprint density at radius 3 is 2.61 bits per heavy atom. The van der Waals surface area contributed by atoms with Crippen LogP contribution in [0.25, 0.3) is 5.65 Å². The van der Waals surface area contributed by atoms with Crippen LogP contribution in [0.2, 0.25) is 0 Å². The third kappa shape index (κ3) is 3.93. The first-order valence-corrected chi connectivity index (χ1v) is 9.65. The molecule has 2 aromatic heterocycles. The van der Waals surface area contributed by atoms with E-state index in [-0.39, 0.29) is 24.4 Å². The van der Waals surface area contributed by atoms with E-state index in [0.29, 0.717) is 28.6 Å². The van der Waals surface area contributed by atoms with Crippen LogP contribution in [0.1, 0.15) is 22.5 Å². The summed E-state index contributed by atoms with van der Waals surface area (Å²) in [7, 11) is 3.74. The predicted molar refractivity (Wildman–Crippen MR) is 114 cm³/mol. The second-order valence-electron chi connectivity index (χ2n) is 7.54. The van der Waals surface area contributed by atoms with Gasteiger partial charge in [-0.2, -0.15) is 4.99 Å². The van der Waals surface area contributed by atoms with Crippen molar-refractivity contribution in [3.63, 3.8) is 0 Å². The van der Waals surface area contributed by atoms with Gasteiger partial charge < -0.3 is 15.8 Å². The van der Waals surface area contributed by atoms with E-state index in [4.69, 9.17) is 10.5 Å². The number of fused-ring (bicyclic) bond motifs is 1. The first kappa shape index (κ1) is 20.7. The number of hydrogen-bond acceptors (Lipinski definition) is 7. The molecule has 3 N–H and O–H groups in total. The molecule has 162 valence electrons. The van der Waals surface area contributed by atoms with Gasteiger partial charge in [0.1, 0.15) is 23.9 Å². The Labute approximate surface area is 178 Å². The van der Waals surface area contributed by atoms with Crippen molar-refractivity contribution in [2.45, 2.75) is 26.7 Å². The molecule has 3 heterocycles. The van der Waals surface area contributed by atoms with Crippen molar-refractivity contribution in [2.75, 3.05) is 14.1 Å². The summed E-state index contributed by atoms with van der Waals surface area (Å²) in [5.41, 5.74) is 8.51. The number of halogens is 2. The number of nitrogens with zero attached hydrogens (tertiary/aromatic N) is 5. The van der Waals surface area contributed by atoms with Crippen molar-refractivity contribution in [1.82, 2.24) is 19.6 Å². The molecular weight excluding hydrogens is 404 g/mol. The maximum atomic E-state index is 14.0. The predicted octanol–water partition coefficient (Wildman–Crippen LogP) is 2.32. The van der Waals surface area contributed by atoms with Crippen molar-refractivity contribution in [3.8, 4) is 5.75 Å². The van der Waals surface area contributed by atoms with Gasteiger partial charge in [-0.1, -0.05) is 6.07 Å². The molecule has 1 atom stereocenters. The fraction of sp³-hybridized carbons (Fsp3) is 0.286. The molecule has 1 aromatic carbocycles. The Hall–Kier alpha value is -3.53. The van der Waals surface area contributed by atoms with Gasteiger partial charge in [0, 0.05) is 6.20 Å². The van der Waals surface area contributed by atoms with Gasteiger partial charge in [-0.25, -0.2) is 18.8 Å². The third-order valence-electron chi connectivity index (χ3n) is 4.88. The van der Waals surface area contributed by atoms with Gasteiger partial charge in [-0.15, -0.1) is 0 Å². The first-order chi connectivity index (χ1) is 14.7. The number of nitrogens with two attached hydrogens (primary N) is 1. The standard InChI is InChI=1S/C21H23F2N7O/c1-11-8-16(31-10-13-14(22)6-5-7-15(13)23)19-25-12(2)17(30(19)9-11)18-26-20(24)28-21(27-18)29(3)4/h5-9,21H,10H2,1-4H3,(H3,24,26,27,28). The minimum atomic E-state index is -0.660. The summed E-state index contributed by atoms with van der Waals surface area (Å²) in [6.45, 7) is 3.45. The maximum Gasteiger partial charge on any atom is 0.198 e. The molecular formula is C21H23F2N7O. The van der Waals surface area contributed by atoms with Crippen molar-refractivity contribution in [2.24, 2.45) is 15.7 Å². The van der Waals surface area contributed by atoms with Crippen LogP contribution < -0.4 is 15.8 Å². The molecule has 3 aromatic rings. The van der Waals surface area contributed by atoms with Gasteiger partial charge in [0.25, 0.3) is 0 Å². The lowest BCUT2D eigenvalue weighted by atomic mass is 10.2. The Kier molecular flexibility index (Phi) is 5.32. The molecule has 0 aliphatic carbocycles. The number of benzene rings is 1. The van der Waals surface area contributed by atoms with Crippen molar-refractivity contribution >= 4 is 17.4 Å². The van der Waals surface area contributed by atoms with Crippen LogP contribution in [0.4, 0.5) is 8.78 Å². The van der Waals surface area contributed by atoms with E-state index >= 15 is 0 Å². The largest absolute Gasteiger partial charge is 0.485 e. The Balaban J connectivity index is 1.77. The molecule has 1 aliphatic heterocycles. The lowest BCUT2D eigenvalue weighted by molar-refractivity contribution is 0.282. The second-order valence-corrected chi connectivity index (χ2v) is 7.54. The van der Waals surface area contributed by atoms with Gasteiger partial charge in [0.15, 0.2) is 29.5 Å². The minimum absolute atomic E-state index is 0.139. The number of amidine groups is 1. The lowest BCUT2D eigenvalue weighted by Gasteiger charge is -2.25. The molecule has 0 spiro atoms. The summed E-state index contributed by atoms with van der Waals surface area (Å²) in [6, 6.07) is 5.49. The summed E-state index contributed by atoms with van der Waals surface area (Å²) in [5.74, 6) is -0.249. The highest BCUT2D eigenvalue weighted by Crippen LogP contribution is 2.27. The second kappa shape index (κ2) is 7.95. The fourth-order valence-corrected chi connectivity index (χ4v) is 3.37. The van der Waals surface area contributed by atoms with E-state index in [2.05, 4.69) is 20.3 Å². The van der Waals surface area contributed by atoms with Gasteiger partial charge in [-0.3, -0.25) is 9.30 Å². The van der Waals surface area contributed by atoms with Crippen LogP contribution >= 0.6 is 0 Å². The molecule has 0 fully saturated rings. The molecule has 0 saturated heterocycles. The van der Waals surface area contributed by atoms with Gasteiger partial charge in [0.05, 0.1) is 11.3 Å². The molecule has 31 heavy (non-hydrogen) atoms. The average Bonchev–Trinajstić information content (AvgIpc) is 3.02. The number of aliphatic imine (C=N–C) groups is 2. The van der Waals surface area contributed by atoms with E-state index < -0.39 is 11.6 Å². The number of aryl methyl sites for hydroxylation is 2. The van der Waals surface area contributed by atoms with Crippen molar-refractivity contribution < 1.29 is 13.5 Å². The Morgan fingerprint density at radius 2 is 1.94 bits per heavy atom. The zero-order valence-electron chi connectivity index (χ0n) is 17.6. The molecule has 8 nitrogen and oxygen atoms in total. The summed E-state index contributed by atoms with van der Waals surface area (Å²) >= 11 is 0. The zero-order chi connectivity index (χ0) is 22.3. The normalized spacial score (nSPS) is 16.3. The van der Waals surface area contributed by atoms with E-state index in [9.17, 15) is 8.78 Å². The van der Waals surface area contributed by atoms with Crippen LogP contribution in [0.15, 0.2) is 40.4 Å². The molecule has 1 unspecified atom stereocenters. The van der Waals surface area contributed by atoms with Crippen LogP contribution in [-0.4, -0.2) is 46.5 Å². The van der Waals surface area contributed by atoms with Crippen LogP contribution in [0.5, 0.6) is 5.75 Å². The minimum Gasteiger partial charge on any atom is -0.485 e. The molecule has 0 saturated carbocycles. The van der Waals surface area contributed by atoms with Crippen LogP contribution in [0.3, 0.4) is 0 Å². The van der Waals surface area contributed by atoms with E-state index in [1.54, 1.807) is 6.07 Å². The highest BCUT2D eigenvalue weighted by Gasteiger charge is 2.24. The summed E-state index contributed by atoms with van der Waals surface area (Å²) < 4.78 is 35.6. The summed E-state index contributed by atoms with van der Waals surface area (Å²) in [6.07, 6.45) is 1.50. The Morgan fingerprint density at radius 1 is 1.23 bits per heavy atom. The molecule has 0 amide bonds. The number of nitrogens with one attached hydrogen (secondary N) is 1. The summed E-state index contributed by atoms with van der Waals surface area (Å²) in [4.78, 5) is 15.4. The average molecular weight is 427 g/mol. The molecule has 0 radical (unpaired) electrons. The lowest BCUT2D eigenvalue weighted by Crippen LogP contribution is -2.49. The van der Waals surface area contributed by atoms with E-state index in [1.165, 1.54) is 18.2 Å². The SMILES string of the molecule is Cc1cc(OCc2c(F)cccc2F)c2nc(C)c(C3=NC(N(C)C)NC(N)=N3)n2c1. The Bertz CT molecular complexity index is 1200. The van der Waals surface area contributed by atoms with Crippen LogP contribution in [-0.2, 0) is 6.61 Å². The van der Waals surface area contributed by atoms with Gasteiger partial charge in [0.2, 0.25) is 0 Å². The molecule has 10 heteroatoms. The highest BCUT2D eigenvalue weighted by atomic mass is 19.1. The smallest absolute Gasteiger partial charge is 0.198 e. The van der Waals surface area contributed by atoms with Crippen molar-refractivity contribution in [1.29, 1.82) is 0 Å². The van der Waals surface area contributed by atoms with Crippen molar-refractivity contribution in [3.05, 3.63) is 64.6 Å². The topological polar surface area (TPSA) is 92.5 Å². The van der Waals surface area contributed by atoms with Gasteiger partial charge >= 0.3 is 0 Å². The van der Waals surface area contributed by atoms with E-state index in [1.807, 2.05) is 43.4 Å². The zero-order valence-corrected chi connectivity index (χ0v) is 17.6. The monoisotopic (exact) mass is 427 g/mol. The number of aromatic nitrogens is 2. The van der Waals surface area contributed by atoms with E-state index in [0.717, 1.165) is 5.56 Å². The van der Waals surface area contributed by atoms with Gasteiger partial charge in [-0.05, 0) is 51.7 Å². The number of imidazole rings is 1. The number of guanidine groups is 1. The molecule has 4 rings (SSSR count). The molecule has 1 aliphatic rings. The maximum absolute atomic E-state index is 14.0. The molecule has 0 bridgehead atoms.